The van der Waals surface area contributed by atoms with E-state index in [9.17, 15) is 4.79 Å². The van der Waals surface area contributed by atoms with Crippen molar-refractivity contribution in [3.63, 3.8) is 0 Å². The Hall–Kier alpha value is -1.72. The molecule has 4 nitrogen and oxygen atoms in total. The highest BCUT2D eigenvalue weighted by Gasteiger charge is 2.15. The van der Waals surface area contributed by atoms with Crippen LogP contribution < -0.4 is 11.1 Å². The number of nitrogens with zero attached hydrogens (tertiary/aromatic N) is 1. The number of hydrogen-bond donors (Lipinski definition) is 2. The fourth-order valence-corrected chi connectivity index (χ4v) is 2.07. The Balaban J connectivity index is 1.94. The van der Waals surface area contributed by atoms with Crippen LogP contribution in [0.1, 0.15) is 22.0 Å². The molecule has 0 spiro atoms. The van der Waals surface area contributed by atoms with Crippen molar-refractivity contribution in [1.82, 2.24) is 10.3 Å². The van der Waals surface area contributed by atoms with Crippen LogP contribution in [0.3, 0.4) is 0 Å². The molecule has 2 aromatic rings. The van der Waals surface area contributed by atoms with Crippen molar-refractivity contribution >= 4 is 17.2 Å². The summed E-state index contributed by atoms with van der Waals surface area (Å²) in [6.45, 7) is 2.47. The van der Waals surface area contributed by atoms with Gasteiger partial charge in [-0.05, 0) is 12.5 Å². The van der Waals surface area contributed by atoms with Gasteiger partial charge in [0.1, 0.15) is 6.04 Å². The van der Waals surface area contributed by atoms with Gasteiger partial charge in [-0.3, -0.25) is 9.78 Å². The smallest absolute Gasteiger partial charge is 0.241 e. The molecule has 0 saturated carbocycles. The van der Waals surface area contributed by atoms with Gasteiger partial charge in [-0.25, -0.2) is 0 Å². The number of aryl methyl sites for hydroxylation is 1. The fourth-order valence-electron chi connectivity index (χ4n) is 1.54. The molecule has 0 fully saturated rings. The highest BCUT2D eigenvalue weighted by atomic mass is 32.1. The zero-order valence-electron chi connectivity index (χ0n) is 10.1. The number of carbonyl (C=O) groups excluding carboxylic acids is 1. The Labute approximate surface area is 110 Å². The normalized spacial score (nSPS) is 12.1. The van der Waals surface area contributed by atoms with E-state index in [1.165, 1.54) is 11.3 Å². The molecule has 0 bridgehead atoms. The van der Waals surface area contributed by atoms with Crippen molar-refractivity contribution in [3.8, 4) is 0 Å². The summed E-state index contributed by atoms with van der Waals surface area (Å²) >= 11 is 1.51. The molecule has 94 valence electrons. The van der Waals surface area contributed by atoms with Crippen molar-refractivity contribution < 1.29 is 4.79 Å². The third-order valence-corrected chi connectivity index (χ3v) is 3.42. The first kappa shape index (κ1) is 12.7. The molecular weight excluding hydrogens is 246 g/mol. The van der Waals surface area contributed by atoms with Gasteiger partial charge in [-0.15, -0.1) is 11.3 Å². The minimum absolute atomic E-state index is 0.174. The number of nitrogens with two attached hydrogens (primary N) is 1. The third-order valence-electron chi connectivity index (χ3n) is 2.64. The van der Waals surface area contributed by atoms with E-state index in [0.717, 1.165) is 16.0 Å². The van der Waals surface area contributed by atoms with Gasteiger partial charge < -0.3 is 11.1 Å². The molecule has 0 aliphatic rings. The fraction of sp³-hybridized carbons (Fsp3) is 0.231. The number of nitrogens with one attached hydrogen (secondary N) is 1. The van der Waals surface area contributed by atoms with Crippen LogP contribution in [0.4, 0.5) is 0 Å². The Morgan fingerprint density at radius 2 is 2.17 bits per heavy atom. The number of thiazole rings is 1. The van der Waals surface area contributed by atoms with E-state index < -0.39 is 6.04 Å². The van der Waals surface area contributed by atoms with E-state index in [1.807, 2.05) is 31.2 Å². The minimum atomic E-state index is -0.626. The lowest BCUT2D eigenvalue weighted by atomic mass is 10.1. The van der Waals surface area contributed by atoms with Crippen molar-refractivity contribution in [1.29, 1.82) is 0 Å². The van der Waals surface area contributed by atoms with Crippen LogP contribution in [-0.4, -0.2) is 10.9 Å². The van der Waals surface area contributed by atoms with Gasteiger partial charge in [-0.1, -0.05) is 29.8 Å². The molecular formula is C13H15N3OS. The standard InChI is InChI=1S/C13H15N3OS/c1-9-2-4-10(5-3-9)12(14)13(17)16-7-11-6-15-8-18-11/h2-6,8,12H,7,14H2,1H3,(H,16,17). The quantitative estimate of drug-likeness (QED) is 0.881. The first-order valence-electron chi connectivity index (χ1n) is 5.64. The van der Waals surface area contributed by atoms with Gasteiger partial charge in [0.05, 0.1) is 12.1 Å². The van der Waals surface area contributed by atoms with Crippen LogP contribution in [0.15, 0.2) is 36.0 Å². The van der Waals surface area contributed by atoms with Gasteiger partial charge in [0, 0.05) is 11.1 Å². The maximum atomic E-state index is 11.9. The molecule has 1 aromatic carbocycles. The summed E-state index contributed by atoms with van der Waals surface area (Å²) < 4.78 is 0. The number of hydrogen-bond acceptors (Lipinski definition) is 4. The molecule has 0 aliphatic carbocycles. The van der Waals surface area contributed by atoms with Crippen molar-refractivity contribution in [2.45, 2.75) is 19.5 Å². The summed E-state index contributed by atoms with van der Waals surface area (Å²) in [5.74, 6) is -0.174. The maximum Gasteiger partial charge on any atom is 0.241 e. The van der Waals surface area contributed by atoms with E-state index in [4.69, 9.17) is 5.73 Å². The van der Waals surface area contributed by atoms with Gasteiger partial charge in [0.25, 0.3) is 0 Å². The first-order valence-corrected chi connectivity index (χ1v) is 6.52. The summed E-state index contributed by atoms with van der Waals surface area (Å²) in [5.41, 5.74) is 9.61. The molecule has 3 N–H and O–H groups in total. The molecule has 1 amide bonds. The van der Waals surface area contributed by atoms with E-state index in [2.05, 4.69) is 10.3 Å². The molecule has 1 unspecified atom stereocenters. The van der Waals surface area contributed by atoms with Crippen molar-refractivity contribution in [3.05, 3.63) is 52.0 Å². The van der Waals surface area contributed by atoms with Crippen LogP contribution in [0.5, 0.6) is 0 Å². The van der Waals surface area contributed by atoms with Crippen molar-refractivity contribution in [2.75, 3.05) is 0 Å². The van der Waals surface area contributed by atoms with E-state index >= 15 is 0 Å². The number of rotatable bonds is 4. The minimum Gasteiger partial charge on any atom is -0.349 e. The molecule has 0 aliphatic heterocycles. The number of aromatic nitrogens is 1. The molecule has 2 rings (SSSR count). The topological polar surface area (TPSA) is 68.0 Å². The first-order chi connectivity index (χ1) is 8.66. The number of amides is 1. The Morgan fingerprint density at radius 1 is 1.44 bits per heavy atom. The molecule has 1 aromatic heterocycles. The summed E-state index contributed by atoms with van der Waals surface area (Å²) in [6.07, 6.45) is 1.74. The average molecular weight is 261 g/mol. The lowest BCUT2D eigenvalue weighted by Crippen LogP contribution is -2.33. The molecule has 1 heterocycles. The third kappa shape index (κ3) is 3.15. The van der Waals surface area contributed by atoms with Gasteiger partial charge in [0.2, 0.25) is 5.91 Å². The highest BCUT2D eigenvalue weighted by Crippen LogP contribution is 2.12. The largest absolute Gasteiger partial charge is 0.349 e. The molecule has 0 saturated heterocycles. The van der Waals surface area contributed by atoms with E-state index in [0.29, 0.717) is 6.54 Å². The lowest BCUT2D eigenvalue weighted by molar-refractivity contribution is -0.122. The highest BCUT2D eigenvalue weighted by molar-refractivity contribution is 7.09. The monoisotopic (exact) mass is 261 g/mol. The average Bonchev–Trinajstić information content (AvgIpc) is 2.89. The SMILES string of the molecule is Cc1ccc(C(N)C(=O)NCc2cncs2)cc1. The number of benzene rings is 1. The van der Waals surface area contributed by atoms with Gasteiger partial charge >= 0.3 is 0 Å². The molecule has 1 atom stereocenters. The van der Waals surface area contributed by atoms with Crippen LogP contribution in [0.25, 0.3) is 0 Å². The molecule has 18 heavy (non-hydrogen) atoms. The maximum absolute atomic E-state index is 11.9. The lowest BCUT2D eigenvalue weighted by Gasteiger charge is -2.12. The predicted octanol–water partition coefficient (Wildman–Crippen LogP) is 1.77. The molecule has 0 radical (unpaired) electrons. The summed E-state index contributed by atoms with van der Waals surface area (Å²) in [5, 5.41) is 2.80. The second-order valence-corrected chi connectivity index (χ2v) is 5.04. The second-order valence-electron chi connectivity index (χ2n) is 4.07. The van der Waals surface area contributed by atoms with E-state index in [-0.39, 0.29) is 5.91 Å². The molecule has 5 heteroatoms. The van der Waals surface area contributed by atoms with Crippen LogP contribution >= 0.6 is 11.3 Å². The summed E-state index contributed by atoms with van der Waals surface area (Å²) in [4.78, 5) is 16.8. The van der Waals surface area contributed by atoms with Gasteiger partial charge in [0.15, 0.2) is 0 Å². The van der Waals surface area contributed by atoms with Crippen LogP contribution in [0.2, 0.25) is 0 Å². The van der Waals surface area contributed by atoms with Crippen molar-refractivity contribution in [2.24, 2.45) is 5.73 Å². The summed E-state index contributed by atoms with van der Waals surface area (Å²) in [7, 11) is 0. The summed E-state index contributed by atoms with van der Waals surface area (Å²) in [6, 6.07) is 7.04. The zero-order chi connectivity index (χ0) is 13.0. The van der Waals surface area contributed by atoms with Crippen LogP contribution in [0, 0.1) is 6.92 Å². The Kier molecular flexibility index (Phi) is 4.07. The second kappa shape index (κ2) is 5.75. The van der Waals surface area contributed by atoms with Gasteiger partial charge in [-0.2, -0.15) is 0 Å². The van der Waals surface area contributed by atoms with Crippen LogP contribution in [-0.2, 0) is 11.3 Å². The predicted molar refractivity (Wildman–Crippen MR) is 72.1 cm³/mol. The zero-order valence-corrected chi connectivity index (χ0v) is 10.9. The Bertz CT molecular complexity index is 508. The Morgan fingerprint density at radius 3 is 2.78 bits per heavy atom. The number of carbonyl (C=O) groups is 1. The van der Waals surface area contributed by atoms with E-state index in [1.54, 1.807) is 11.7 Å².